The van der Waals surface area contributed by atoms with Crippen molar-refractivity contribution < 1.29 is 14.7 Å². The van der Waals surface area contributed by atoms with Crippen LogP contribution in [0.2, 0.25) is 0 Å². The summed E-state index contributed by atoms with van der Waals surface area (Å²) in [5.74, 6) is -0.214. The van der Waals surface area contributed by atoms with E-state index in [9.17, 15) is 14.7 Å². The van der Waals surface area contributed by atoms with Gasteiger partial charge in [0.05, 0.1) is 0 Å². The van der Waals surface area contributed by atoms with Gasteiger partial charge in [0.15, 0.2) is 11.6 Å². The van der Waals surface area contributed by atoms with Gasteiger partial charge >= 0.3 is 0 Å². The van der Waals surface area contributed by atoms with Crippen molar-refractivity contribution in [2.45, 2.75) is 39.7 Å². The monoisotopic (exact) mass is 324 g/mol. The van der Waals surface area contributed by atoms with Crippen molar-refractivity contribution in [3.8, 4) is 0 Å². The van der Waals surface area contributed by atoms with Gasteiger partial charge in [-0.15, -0.1) is 0 Å². The molecular formula is C21H24O3. The molecule has 0 aromatic heterocycles. The average molecular weight is 324 g/mol. The van der Waals surface area contributed by atoms with E-state index in [1.165, 1.54) is 13.8 Å². The minimum atomic E-state index is -1.38. The van der Waals surface area contributed by atoms with Gasteiger partial charge in [0.2, 0.25) is 0 Å². The first-order chi connectivity index (χ1) is 11.1. The number of ketones is 2. The second-order valence-corrected chi connectivity index (χ2v) is 7.34. The number of benzene rings is 2. The van der Waals surface area contributed by atoms with Crippen molar-refractivity contribution in [2.24, 2.45) is 5.41 Å². The van der Waals surface area contributed by atoms with E-state index in [0.29, 0.717) is 17.5 Å². The van der Waals surface area contributed by atoms with Crippen LogP contribution in [-0.4, -0.2) is 22.3 Å². The molecule has 0 atom stereocenters. The molecule has 24 heavy (non-hydrogen) atoms. The van der Waals surface area contributed by atoms with Crippen LogP contribution in [0.1, 0.15) is 54.0 Å². The lowest BCUT2D eigenvalue weighted by molar-refractivity contribution is 0.0488. The summed E-state index contributed by atoms with van der Waals surface area (Å²) in [5.41, 5.74) is 0.235. The Hall–Kier alpha value is -2.26. The number of aliphatic hydroxyl groups is 1. The largest absolute Gasteiger partial charge is 0.382 e. The summed E-state index contributed by atoms with van der Waals surface area (Å²) in [4.78, 5) is 24.7. The van der Waals surface area contributed by atoms with E-state index in [1.54, 1.807) is 12.1 Å². The minimum Gasteiger partial charge on any atom is -0.382 e. The molecule has 0 fully saturated rings. The molecule has 0 bridgehead atoms. The first-order valence-corrected chi connectivity index (χ1v) is 8.07. The molecule has 0 amide bonds. The third-order valence-electron chi connectivity index (χ3n) is 4.07. The lowest BCUT2D eigenvalue weighted by Crippen LogP contribution is -2.31. The van der Waals surface area contributed by atoms with Gasteiger partial charge in [0.25, 0.3) is 0 Å². The first kappa shape index (κ1) is 18.1. The molecule has 0 aliphatic carbocycles. The zero-order valence-electron chi connectivity index (χ0n) is 14.7. The number of hydrogen-bond acceptors (Lipinski definition) is 3. The Morgan fingerprint density at radius 3 is 1.79 bits per heavy atom. The summed E-state index contributed by atoms with van der Waals surface area (Å²) >= 11 is 0. The standard InChI is InChI=1S/C21H24O3/c1-20(2,18(22)16-8-6-5-7-9-16)14-15-10-12-17(13-11-15)19(23)21(3,4)24/h5-13,24H,14H2,1-4H3. The maximum atomic E-state index is 12.7. The molecule has 2 aromatic carbocycles. The molecule has 0 saturated carbocycles. The number of carbonyl (C=O) groups is 2. The van der Waals surface area contributed by atoms with Crippen LogP contribution in [0, 0.1) is 5.41 Å². The molecule has 2 rings (SSSR count). The van der Waals surface area contributed by atoms with Gasteiger partial charge in [-0.2, -0.15) is 0 Å². The summed E-state index contributed by atoms with van der Waals surface area (Å²) in [7, 11) is 0. The summed E-state index contributed by atoms with van der Waals surface area (Å²) < 4.78 is 0. The number of Topliss-reactive ketones (excluding diaryl/α,β-unsaturated/α-hetero) is 2. The van der Waals surface area contributed by atoms with Crippen LogP contribution in [0.5, 0.6) is 0 Å². The lowest BCUT2D eigenvalue weighted by Gasteiger charge is -2.23. The zero-order chi connectivity index (χ0) is 18.0. The quantitative estimate of drug-likeness (QED) is 0.814. The molecule has 0 spiro atoms. The molecular weight excluding hydrogens is 300 g/mol. The zero-order valence-corrected chi connectivity index (χ0v) is 14.7. The van der Waals surface area contributed by atoms with E-state index in [4.69, 9.17) is 0 Å². The fourth-order valence-electron chi connectivity index (χ4n) is 2.70. The van der Waals surface area contributed by atoms with Crippen molar-refractivity contribution in [1.82, 2.24) is 0 Å². The maximum Gasteiger partial charge on any atom is 0.193 e. The van der Waals surface area contributed by atoms with Gasteiger partial charge < -0.3 is 5.11 Å². The number of carbonyl (C=O) groups excluding carboxylic acids is 2. The maximum absolute atomic E-state index is 12.7. The Balaban J connectivity index is 2.16. The first-order valence-electron chi connectivity index (χ1n) is 8.07. The fourth-order valence-corrected chi connectivity index (χ4v) is 2.70. The highest BCUT2D eigenvalue weighted by Gasteiger charge is 2.29. The van der Waals surface area contributed by atoms with Crippen molar-refractivity contribution in [3.63, 3.8) is 0 Å². The summed E-state index contributed by atoms with van der Waals surface area (Å²) in [6.45, 7) is 6.81. The van der Waals surface area contributed by atoms with Gasteiger partial charge in [-0.25, -0.2) is 0 Å². The second-order valence-electron chi connectivity index (χ2n) is 7.34. The molecule has 0 saturated heterocycles. The van der Waals surface area contributed by atoms with Crippen molar-refractivity contribution in [3.05, 3.63) is 71.3 Å². The predicted octanol–water partition coefficient (Wildman–Crippen LogP) is 4.09. The normalized spacial score (nSPS) is 12.0. The van der Waals surface area contributed by atoms with Crippen LogP contribution in [0.25, 0.3) is 0 Å². The van der Waals surface area contributed by atoms with E-state index in [0.717, 1.165) is 5.56 Å². The highest BCUT2D eigenvalue weighted by molar-refractivity contribution is 6.02. The van der Waals surface area contributed by atoms with Gasteiger partial charge in [0.1, 0.15) is 5.60 Å². The summed E-state index contributed by atoms with van der Waals surface area (Å²) in [6.07, 6.45) is 0.581. The van der Waals surface area contributed by atoms with Gasteiger partial charge in [-0.1, -0.05) is 68.4 Å². The van der Waals surface area contributed by atoms with Gasteiger partial charge in [-0.05, 0) is 25.8 Å². The van der Waals surface area contributed by atoms with Crippen molar-refractivity contribution in [2.75, 3.05) is 0 Å². The molecule has 2 aromatic rings. The molecule has 3 nitrogen and oxygen atoms in total. The molecule has 0 aliphatic heterocycles. The Labute approximate surface area is 143 Å². The third-order valence-corrected chi connectivity index (χ3v) is 4.07. The molecule has 0 unspecified atom stereocenters. The molecule has 0 radical (unpaired) electrons. The van der Waals surface area contributed by atoms with Crippen LogP contribution in [0.4, 0.5) is 0 Å². The molecule has 3 heteroatoms. The molecule has 0 heterocycles. The second kappa shape index (κ2) is 6.70. The summed E-state index contributed by atoms with van der Waals surface area (Å²) in [5, 5.41) is 9.80. The highest BCUT2D eigenvalue weighted by atomic mass is 16.3. The predicted molar refractivity (Wildman–Crippen MR) is 95.3 cm³/mol. The van der Waals surface area contributed by atoms with Gasteiger partial charge in [-0.3, -0.25) is 9.59 Å². The van der Waals surface area contributed by atoms with E-state index in [2.05, 4.69) is 0 Å². The van der Waals surface area contributed by atoms with E-state index in [-0.39, 0.29) is 11.6 Å². The fraction of sp³-hybridized carbons (Fsp3) is 0.333. The Morgan fingerprint density at radius 1 is 0.792 bits per heavy atom. The third kappa shape index (κ3) is 4.18. The highest BCUT2D eigenvalue weighted by Crippen LogP contribution is 2.27. The average Bonchev–Trinajstić information content (AvgIpc) is 2.54. The van der Waals surface area contributed by atoms with E-state index >= 15 is 0 Å². The van der Waals surface area contributed by atoms with Crippen LogP contribution >= 0.6 is 0 Å². The number of hydrogen-bond donors (Lipinski definition) is 1. The lowest BCUT2D eigenvalue weighted by atomic mass is 9.79. The Bertz CT molecular complexity index is 720. The number of rotatable bonds is 6. The van der Waals surface area contributed by atoms with Crippen molar-refractivity contribution >= 4 is 11.6 Å². The molecule has 126 valence electrons. The van der Waals surface area contributed by atoms with E-state index in [1.807, 2.05) is 56.3 Å². The Kier molecular flexibility index (Phi) is 5.05. The van der Waals surface area contributed by atoms with Crippen LogP contribution in [-0.2, 0) is 6.42 Å². The minimum absolute atomic E-state index is 0.0970. The smallest absolute Gasteiger partial charge is 0.193 e. The SMILES string of the molecule is CC(C)(O)C(=O)c1ccc(CC(C)(C)C(=O)c2ccccc2)cc1. The summed E-state index contributed by atoms with van der Waals surface area (Å²) in [6, 6.07) is 16.4. The van der Waals surface area contributed by atoms with E-state index < -0.39 is 11.0 Å². The van der Waals surface area contributed by atoms with Crippen LogP contribution in [0.3, 0.4) is 0 Å². The Morgan fingerprint density at radius 2 is 1.29 bits per heavy atom. The van der Waals surface area contributed by atoms with Gasteiger partial charge in [0, 0.05) is 16.5 Å². The van der Waals surface area contributed by atoms with Crippen molar-refractivity contribution in [1.29, 1.82) is 0 Å². The molecule has 0 aliphatic rings. The van der Waals surface area contributed by atoms with Crippen LogP contribution < -0.4 is 0 Å². The molecule has 1 N–H and O–H groups in total. The topological polar surface area (TPSA) is 54.4 Å². The van der Waals surface area contributed by atoms with Crippen LogP contribution in [0.15, 0.2) is 54.6 Å².